The van der Waals surface area contributed by atoms with E-state index >= 15 is 0 Å². The van der Waals surface area contributed by atoms with Crippen LogP contribution >= 0.6 is 12.2 Å². The van der Waals surface area contributed by atoms with Crippen molar-refractivity contribution in [3.63, 3.8) is 0 Å². The summed E-state index contributed by atoms with van der Waals surface area (Å²) in [7, 11) is -4.08. The first-order valence-electron chi connectivity index (χ1n) is 10.4. The van der Waals surface area contributed by atoms with Gasteiger partial charge in [-0.3, -0.25) is 9.52 Å². The molecule has 0 bridgehead atoms. The highest BCUT2D eigenvalue weighted by Gasteiger charge is 2.23. The van der Waals surface area contributed by atoms with E-state index in [1.54, 1.807) is 41.3 Å². The third-order valence-corrected chi connectivity index (χ3v) is 7.03. The van der Waals surface area contributed by atoms with Crippen molar-refractivity contribution in [3.8, 4) is 11.4 Å². The number of hydrogen-bond donors (Lipinski definition) is 3. The smallest absolute Gasteiger partial charge is 0.261 e. The molecule has 0 aliphatic heterocycles. The Morgan fingerprint density at radius 1 is 1.12 bits per heavy atom. The maximum Gasteiger partial charge on any atom is 0.261 e. The number of tetrazole rings is 1. The zero-order chi connectivity index (χ0) is 24.5. The van der Waals surface area contributed by atoms with Crippen LogP contribution in [-0.4, -0.2) is 57.6 Å². The van der Waals surface area contributed by atoms with Gasteiger partial charge in [0.1, 0.15) is 5.75 Å². The van der Waals surface area contributed by atoms with E-state index in [-0.39, 0.29) is 26.7 Å². The molecule has 0 saturated carbocycles. The molecule has 1 aromatic heterocycles. The summed E-state index contributed by atoms with van der Waals surface area (Å²) in [6, 6.07) is 14.2. The number of aromatic amines is 1. The van der Waals surface area contributed by atoms with Gasteiger partial charge in [-0.15, -0.1) is 0 Å². The number of phenolic OH excluding ortho intramolecular Hbond substituents is 1. The van der Waals surface area contributed by atoms with Gasteiger partial charge >= 0.3 is 0 Å². The minimum atomic E-state index is -4.08. The largest absolute Gasteiger partial charge is 0.506 e. The Balaban J connectivity index is 1.82. The number of H-pyrrole nitrogens is 1. The van der Waals surface area contributed by atoms with Gasteiger partial charge in [0.05, 0.1) is 21.8 Å². The van der Waals surface area contributed by atoms with E-state index in [9.17, 15) is 18.3 Å². The van der Waals surface area contributed by atoms with E-state index in [1.807, 2.05) is 13.8 Å². The van der Waals surface area contributed by atoms with Gasteiger partial charge < -0.3 is 10.0 Å². The van der Waals surface area contributed by atoms with Crippen LogP contribution in [0.2, 0.25) is 0 Å². The third-order valence-electron chi connectivity index (χ3n) is 5.40. The Morgan fingerprint density at radius 2 is 1.82 bits per heavy atom. The normalized spacial score (nSPS) is 11.5. The van der Waals surface area contributed by atoms with Gasteiger partial charge in [0.2, 0.25) is 4.77 Å². The molecule has 176 valence electrons. The van der Waals surface area contributed by atoms with Crippen molar-refractivity contribution in [1.29, 1.82) is 0 Å². The number of aromatic nitrogens is 4. The molecule has 0 atom stereocenters. The predicted octanol–water partition coefficient (Wildman–Crippen LogP) is 3.47. The molecule has 0 fully saturated rings. The average molecular weight is 499 g/mol. The highest BCUT2D eigenvalue weighted by atomic mass is 32.2. The SMILES string of the molecule is CCN(CC)C(=O)c1cc(NS(=O)(=O)c2cccc(-n3[nH]nnc3=S)c2)c2ccccc2c1O. The van der Waals surface area contributed by atoms with Crippen molar-refractivity contribution in [2.45, 2.75) is 18.7 Å². The molecule has 0 saturated heterocycles. The standard InChI is InChI=1S/C22H22N6O4S2/c1-3-27(4-2)21(30)18-13-19(16-10-5-6-11-17(16)20(18)29)24-34(31,32)15-9-7-8-14(12-15)28-22(33)23-25-26-28/h5-13,24,29H,3-4H2,1-2H3,(H,23,26,33). The Kier molecular flexibility index (Phi) is 6.35. The second-order valence-electron chi connectivity index (χ2n) is 7.36. The summed E-state index contributed by atoms with van der Waals surface area (Å²) in [6.45, 7) is 4.55. The Bertz CT molecular complexity index is 1540. The first-order valence-corrected chi connectivity index (χ1v) is 12.3. The van der Waals surface area contributed by atoms with Gasteiger partial charge in [-0.25, -0.2) is 13.1 Å². The molecule has 0 aliphatic carbocycles. The summed E-state index contributed by atoms with van der Waals surface area (Å²) in [5, 5.41) is 21.5. The number of phenols is 1. The van der Waals surface area contributed by atoms with Gasteiger partial charge in [-0.1, -0.05) is 40.6 Å². The van der Waals surface area contributed by atoms with Crippen LogP contribution < -0.4 is 4.72 Å². The van der Waals surface area contributed by atoms with Crippen LogP contribution in [0.25, 0.3) is 16.5 Å². The molecule has 4 aromatic rings. The zero-order valence-electron chi connectivity index (χ0n) is 18.4. The van der Waals surface area contributed by atoms with E-state index in [2.05, 4.69) is 20.2 Å². The molecule has 1 amide bonds. The third kappa shape index (κ3) is 4.24. The highest BCUT2D eigenvalue weighted by Crippen LogP contribution is 2.36. The van der Waals surface area contributed by atoms with Crippen molar-refractivity contribution in [2.24, 2.45) is 0 Å². The molecule has 0 aliphatic rings. The summed E-state index contributed by atoms with van der Waals surface area (Å²) in [5.74, 6) is -0.588. The second-order valence-corrected chi connectivity index (χ2v) is 9.41. The molecule has 1 heterocycles. The van der Waals surface area contributed by atoms with Crippen LogP contribution in [0.3, 0.4) is 0 Å². The van der Waals surface area contributed by atoms with Crippen molar-refractivity contribution >= 4 is 44.6 Å². The number of amides is 1. The molecular formula is C22H22N6O4S2. The van der Waals surface area contributed by atoms with Crippen LogP contribution in [-0.2, 0) is 10.0 Å². The Morgan fingerprint density at radius 3 is 2.47 bits per heavy atom. The number of carbonyl (C=O) groups excluding carboxylic acids is 1. The predicted molar refractivity (Wildman–Crippen MR) is 130 cm³/mol. The number of hydrogen-bond acceptors (Lipinski definition) is 7. The minimum absolute atomic E-state index is 0.0173. The average Bonchev–Trinajstić information content (AvgIpc) is 3.27. The second kappa shape index (κ2) is 9.23. The molecule has 0 unspecified atom stereocenters. The monoisotopic (exact) mass is 498 g/mol. The number of benzene rings is 3. The first kappa shape index (κ1) is 23.4. The van der Waals surface area contributed by atoms with Crippen LogP contribution in [0.5, 0.6) is 5.75 Å². The Hall–Kier alpha value is -3.77. The number of anilines is 1. The molecule has 4 rings (SSSR count). The van der Waals surface area contributed by atoms with Crippen LogP contribution in [0.4, 0.5) is 5.69 Å². The number of nitrogens with zero attached hydrogens (tertiary/aromatic N) is 4. The maximum atomic E-state index is 13.3. The number of nitrogens with one attached hydrogen (secondary N) is 2. The summed E-state index contributed by atoms with van der Waals surface area (Å²) in [4.78, 5) is 14.5. The minimum Gasteiger partial charge on any atom is -0.506 e. The summed E-state index contributed by atoms with van der Waals surface area (Å²) >= 11 is 5.09. The molecule has 0 radical (unpaired) electrons. The van der Waals surface area contributed by atoms with Gasteiger partial charge in [-0.05, 0) is 50.3 Å². The van der Waals surface area contributed by atoms with Crippen LogP contribution in [0.15, 0.2) is 59.5 Å². The van der Waals surface area contributed by atoms with Crippen LogP contribution in [0.1, 0.15) is 24.2 Å². The summed E-state index contributed by atoms with van der Waals surface area (Å²) in [5.41, 5.74) is 0.628. The quantitative estimate of drug-likeness (QED) is 0.262. The topological polar surface area (TPSA) is 133 Å². The highest BCUT2D eigenvalue weighted by molar-refractivity contribution is 7.92. The lowest BCUT2D eigenvalue weighted by molar-refractivity contribution is 0.0770. The zero-order valence-corrected chi connectivity index (χ0v) is 20.0. The van der Waals surface area contributed by atoms with E-state index in [4.69, 9.17) is 12.2 Å². The van der Waals surface area contributed by atoms with Gasteiger partial charge in [0.25, 0.3) is 15.9 Å². The molecule has 3 N–H and O–H groups in total. The molecule has 12 heteroatoms. The molecule has 10 nitrogen and oxygen atoms in total. The van der Waals surface area contributed by atoms with E-state index in [0.717, 1.165) is 0 Å². The van der Waals surface area contributed by atoms with Crippen molar-refractivity contribution in [2.75, 3.05) is 17.8 Å². The summed E-state index contributed by atoms with van der Waals surface area (Å²) in [6.07, 6.45) is 0. The summed E-state index contributed by atoms with van der Waals surface area (Å²) < 4.78 is 30.7. The molecule has 34 heavy (non-hydrogen) atoms. The lowest BCUT2D eigenvalue weighted by Crippen LogP contribution is -2.30. The Labute approximate surface area is 200 Å². The molecule has 0 spiro atoms. The fraction of sp³-hybridized carbons (Fsp3) is 0.182. The molecule has 3 aromatic carbocycles. The van der Waals surface area contributed by atoms with E-state index in [0.29, 0.717) is 29.5 Å². The maximum absolute atomic E-state index is 13.3. The van der Waals surface area contributed by atoms with Crippen molar-refractivity contribution in [3.05, 3.63) is 64.9 Å². The number of rotatable bonds is 7. The lowest BCUT2D eigenvalue weighted by atomic mass is 10.0. The van der Waals surface area contributed by atoms with Crippen molar-refractivity contribution < 1.29 is 18.3 Å². The van der Waals surface area contributed by atoms with Gasteiger partial charge in [-0.2, -0.15) is 5.21 Å². The number of sulfonamides is 1. The lowest BCUT2D eigenvalue weighted by Gasteiger charge is -2.21. The molecular weight excluding hydrogens is 476 g/mol. The van der Waals surface area contributed by atoms with E-state index < -0.39 is 15.9 Å². The number of carbonyl (C=O) groups is 1. The number of fused-ring (bicyclic) bond motifs is 1. The van der Waals surface area contributed by atoms with E-state index in [1.165, 1.54) is 22.9 Å². The van der Waals surface area contributed by atoms with Crippen LogP contribution in [0, 0.1) is 4.77 Å². The fourth-order valence-electron chi connectivity index (χ4n) is 3.65. The fourth-order valence-corrected chi connectivity index (χ4v) is 4.94. The van der Waals surface area contributed by atoms with Gasteiger partial charge in [0.15, 0.2) is 0 Å². The number of aromatic hydroxyl groups is 1. The van der Waals surface area contributed by atoms with Gasteiger partial charge in [0, 0.05) is 23.9 Å². The van der Waals surface area contributed by atoms with Crippen molar-refractivity contribution in [1.82, 2.24) is 25.1 Å². The first-order chi connectivity index (χ1) is 16.3.